The van der Waals surface area contributed by atoms with Gasteiger partial charge >= 0.3 is 0 Å². The van der Waals surface area contributed by atoms with Crippen molar-refractivity contribution in [2.24, 2.45) is 12.8 Å². The zero-order chi connectivity index (χ0) is 13.1. The molecule has 4 heteroatoms. The second-order valence-electron chi connectivity index (χ2n) is 4.67. The Balaban J connectivity index is 2.65. The molecule has 0 saturated heterocycles. The lowest BCUT2D eigenvalue weighted by Gasteiger charge is -2.26. The highest BCUT2D eigenvalue weighted by Gasteiger charge is 2.21. The molecule has 0 radical (unpaired) electrons. The summed E-state index contributed by atoms with van der Waals surface area (Å²) in [5, 5.41) is 2.91. The van der Waals surface area contributed by atoms with Gasteiger partial charge in [-0.15, -0.1) is 0 Å². The molecule has 0 unspecified atom stereocenters. The number of hydrogen-bond acceptors (Lipinski definition) is 2. The Hall–Kier alpha value is -1.29. The Morgan fingerprint density at radius 2 is 2.00 bits per heavy atom. The van der Waals surface area contributed by atoms with Crippen molar-refractivity contribution < 1.29 is 4.79 Å². The van der Waals surface area contributed by atoms with Gasteiger partial charge in [0.25, 0.3) is 5.91 Å². The molecule has 0 spiro atoms. The van der Waals surface area contributed by atoms with Gasteiger partial charge in [0.1, 0.15) is 5.69 Å². The fraction of sp³-hybridized carbons (Fsp3) is 0.615. The lowest BCUT2D eigenvalue weighted by molar-refractivity contribution is 0.0934. The summed E-state index contributed by atoms with van der Waals surface area (Å²) >= 11 is 0. The third kappa shape index (κ3) is 3.09. The average Bonchev–Trinajstić information content (AvgIpc) is 2.67. The molecule has 3 N–H and O–H groups in total. The minimum Gasteiger partial charge on any atom is -0.349 e. The summed E-state index contributed by atoms with van der Waals surface area (Å²) in [5.41, 5.74) is 7.60. The maximum atomic E-state index is 12.0. The van der Waals surface area contributed by atoms with E-state index in [1.54, 1.807) is 0 Å². The Bertz CT molecular complexity index is 391. The lowest BCUT2D eigenvalue weighted by atomic mass is 9.94. The van der Waals surface area contributed by atoms with Crippen molar-refractivity contribution in [3.63, 3.8) is 0 Å². The SMILES string of the molecule is CCC(N)(CC)CNC(=O)c1ccc(C)n1C. The van der Waals surface area contributed by atoms with Crippen LogP contribution in [0.3, 0.4) is 0 Å². The van der Waals surface area contributed by atoms with Crippen LogP contribution < -0.4 is 11.1 Å². The smallest absolute Gasteiger partial charge is 0.267 e. The van der Waals surface area contributed by atoms with Crippen LogP contribution in [-0.2, 0) is 7.05 Å². The monoisotopic (exact) mass is 237 g/mol. The van der Waals surface area contributed by atoms with Gasteiger partial charge in [0.05, 0.1) is 0 Å². The number of carbonyl (C=O) groups is 1. The standard InChI is InChI=1S/C13H23N3O/c1-5-13(14,6-2)9-15-12(17)11-8-7-10(3)16(11)4/h7-8H,5-6,9,14H2,1-4H3,(H,15,17). The number of amides is 1. The van der Waals surface area contributed by atoms with Gasteiger partial charge in [-0.05, 0) is 31.9 Å². The molecule has 17 heavy (non-hydrogen) atoms. The first-order valence-electron chi connectivity index (χ1n) is 6.13. The highest BCUT2D eigenvalue weighted by Crippen LogP contribution is 2.10. The zero-order valence-electron chi connectivity index (χ0n) is 11.2. The maximum Gasteiger partial charge on any atom is 0.267 e. The third-order valence-electron chi connectivity index (χ3n) is 3.61. The van der Waals surface area contributed by atoms with Crippen molar-refractivity contribution in [3.8, 4) is 0 Å². The average molecular weight is 237 g/mol. The third-order valence-corrected chi connectivity index (χ3v) is 3.61. The molecule has 1 aromatic heterocycles. The van der Waals surface area contributed by atoms with Crippen molar-refractivity contribution in [2.45, 2.75) is 39.2 Å². The summed E-state index contributed by atoms with van der Waals surface area (Å²) in [6.45, 7) is 6.58. The largest absolute Gasteiger partial charge is 0.349 e. The van der Waals surface area contributed by atoms with Gasteiger partial charge in [-0.25, -0.2) is 0 Å². The number of nitrogens with two attached hydrogens (primary N) is 1. The molecular formula is C13H23N3O. The Morgan fingerprint density at radius 1 is 1.41 bits per heavy atom. The predicted molar refractivity (Wildman–Crippen MR) is 70.0 cm³/mol. The van der Waals surface area contributed by atoms with Crippen molar-refractivity contribution in [2.75, 3.05) is 6.54 Å². The van der Waals surface area contributed by atoms with Gasteiger partial charge in [0.15, 0.2) is 0 Å². The van der Waals surface area contributed by atoms with Crippen LogP contribution in [0, 0.1) is 6.92 Å². The van der Waals surface area contributed by atoms with Crippen LogP contribution >= 0.6 is 0 Å². The van der Waals surface area contributed by atoms with E-state index in [1.165, 1.54) is 0 Å². The van der Waals surface area contributed by atoms with Crippen LogP contribution in [-0.4, -0.2) is 22.6 Å². The molecule has 1 amide bonds. The van der Waals surface area contributed by atoms with E-state index in [0.29, 0.717) is 12.2 Å². The van der Waals surface area contributed by atoms with Gasteiger partial charge in [-0.1, -0.05) is 13.8 Å². The fourth-order valence-corrected chi connectivity index (χ4v) is 1.69. The van der Waals surface area contributed by atoms with Crippen LogP contribution in [0.4, 0.5) is 0 Å². The van der Waals surface area contributed by atoms with E-state index < -0.39 is 0 Å². The quantitative estimate of drug-likeness (QED) is 0.817. The van der Waals surface area contributed by atoms with E-state index in [9.17, 15) is 4.79 Å². The minimum absolute atomic E-state index is 0.0580. The molecule has 0 atom stereocenters. The summed E-state index contributed by atoms with van der Waals surface area (Å²) in [4.78, 5) is 12.0. The molecule has 1 aromatic rings. The molecule has 0 aliphatic heterocycles. The topological polar surface area (TPSA) is 60.0 Å². The van der Waals surface area contributed by atoms with Gasteiger partial charge in [-0.2, -0.15) is 0 Å². The van der Waals surface area contributed by atoms with Crippen LogP contribution in [0.15, 0.2) is 12.1 Å². The molecule has 0 fully saturated rings. The molecule has 1 heterocycles. The maximum absolute atomic E-state index is 12.0. The number of aromatic nitrogens is 1. The van der Waals surface area contributed by atoms with E-state index in [0.717, 1.165) is 18.5 Å². The van der Waals surface area contributed by atoms with Crippen LogP contribution in [0.2, 0.25) is 0 Å². The Labute approximate surface area is 103 Å². The van der Waals surface area contributed by atoms with E-state index in [4.69, 9.17) is 5.73 Å². The second-order valence-corrected chi connectivity index (χ2v) is 4.67. The number of nitrogens with one attached hydrogen (secondary N) is 1. The number of carbonyl (C=O) groups excluding carboxylic acids is 1. The molecule has 0 saturated carbocycles. The normalized spacial score (nSPS) is 11.6. The highest BCUT2D eigenvalue weighted by atomic mass is 16.1. The Kier molecular flexibility index (Phi) is 4.34. The zero-order valence-corrected chi connectivity index (χ0v) is 11.2. The van der Waals surface area contributed by atoms with Gasteiger partial charge in [-0.3, -0.25) is 4.79 Å². The summed E-state index contributed by atoms with van der Waals surface area (Å²) in [6, 6.07) is 3.77. The molecule has 96 valence electrons. The first-order valence-corrected chi connectivity index (χ1v) is 6.13. The van der Waals surface area contributed by atoms with Crippen molar-refractivity contribution in [1.29, 1.82) is 0 Å². The highest BCUT2D eigenvalue weighted by molar-refractivity contribution is 5.92. The number of aryl methyl sites for hydroxylation is 1. The molecule has 0 aliphatic rings. The van der Waals surface area contributed by atoms with E-state index >= 15 is 0 Å². The van der Waals surface area contributed by atoms with Crippen LogP contribution in [0.1, 0.15) is 42.9 Å². The van der Waals surface area contributed by atoms with Crippen molar-refractivity contribution in [3.05, 3.63) is 23.5 Å². The van der Waals surface area contributed by atoms with Crippen molar-refractivity contribution in [1.82, 2.24) is 9.88 Å². The predicted octanol–water partition coefficient (Wildman–Crippen LogP) is 1.58. The molecule has 0 aliphatic carbocycles. The minimum atomic E-state index is -0.296. The van der Waals surface area contributed by atoms with Crippen LogP contribution in [0.5, 0.6) is 0 Å². The Morgan fingerprint density at radius 3 is 2.41 bits per heavy atom. The number of hydrogen-bond donors (Lipinski definition) is 2. The summed E-state index contributed by atoms with van der Waals surface area (Å²) < 4.78 is 1.88. The molecule has 1 rings (SSSR count). The molecule has 4 nitrogen and oxygen atoms in total. The van der Waals surface area contributed by atoms with Gasteiger partial charge < -0.3 is 15.6 Å². The van der Waals surface area contributed by atoms with Gasteiger partial charge in [0, 0.05) is 24.8 Å². The van der Waals surface area contributed by atoms with E-state index in [-0.39, 0.29) is 11.4 Å². The first-order chi connectivity index (χ1) is 7.93. The summed E-state index contributed by atoms with van der Waals surface area (Å²) in [6.07, 6.45) is 1.71. The fourth-order valence-electron chi connectivity index (χ4n) is 1.69. The summed E-state index contributed by atoms with van der Waals surface area (Å²) in [7, 11) is 1.89. The summed E-state index contributed by atoms with van der Waals surface area (Å²) in [5.74, 6) is -0.0580. The first kappa shape index (κ1) is 13.8. The molecular weight excluding hydrogens is 214 g/mol. The molecule has 0 aromatic carbocycles. The van der Waals surface area contributed by atoms with Gasteiger partial charge in [0.2, 0.25) is 0 Å². The number of rotatable bonds is 5. The number of nitrogens with zero attached hydrogens (tertiary/aromatic N) is 1. The molecule has 0 bridgehead atoms. The van der Waals surface area contributed by atoms with E-state index in [2.05, 4.69) is 5.32 Å². The lowest BCUT2D eigenvalue weighted by Crippen LogP contribution is -2.49. The van der Waals surface area contributed by atoms with Crippen molar-refractivity contribution >= 4 is 5.91 Å². The van der Waals surface area contributed by atoms with E-state index in [1.807, 2.05) is 44.5 Å². The van der Waals surface area contributed by atoms with Crippen LogP contribution in [0.25, 0.3) is 0 Å². The second kappa shape index (κ2) is 5.36.